The van der Waals surface area contributed by atoms with Crippen LogP contribution in [0.5, 0.6) is 0 Å². The van der Waals surface area contributed by atoms with E-state index < -0.39 is 5.97 Å². The molecule has 1 N–H and O–H groups in total. The van der Waals surface area contributed by atoms with Crippen LogP contribution in [-0.4, -0.2) is 11.1 Å². The normalized spacial score (nSPS) is 10.7. The molecule has 0 aliphatic heterocycles. The van der Waals surface area contributed by atoms with Crippen LogP contribution in [0.2, 0.25) is 0 Å². The van der Waals surface area contributed by atoms with E-state index in [1.165, 1.54) is 5.56 Å². The van der Waals surface area contributed by atoms with Gasteiger partial charge in [0.1, 0.15) is 0 Å². The van der Waals surface area contributed by atoms with Gasteiger partial charge in [-0.3, -0.25) is 0 Å². The molecule has 0 bridgehead atoms. The molecule has 0 aliphatic carbocycles. The highest BCUT2D eigenvalue weighted by Gasteiger charge is 2.12. The summed E-state index contributed by atoms with van der Waals surface area (Å²) in [4.78, 5) is 11.0. The van der Waals surface area contributed by atoms with Crippen molar-refractivity contribution in [2.45, 2.75) is 39.5 Å². The quantitative estimate of drug-likeness (QED) is 0.819. The lowest BCUT2D eigenvalue weighted by Crippen LogP contribution is -2.04. The van der Waals surface area contributed by atoms with Crippen molar-refractivity contribution < 1.29 is 9.90 Å². The molecule has 1 aromatic rings. The predicted octanol–water partition coefficient (Wildman–Crippen LogP) is 3.46. The van der Waals surface area contributed by atoms with Crippen LogP contribution in [0.1, 0.15) is 54.6 Å². The first-order valence-electron chi connectivity index (χ1n) is 5.42. The lowest BCUT2D eigenvalue weighted by molar-refractivity contribution is 0.0695. The highest BCUT2D eigenvalue weighted by Crippen LogP contribution is 2.21. The van der Waals surface area contributed by atoms with E-state index in [2.05, 4.69) is 6.92 Å². The van der Waals surface area contributed by atoms with E-state index in [9.17, 15) is 4.79 Å². The number of aromatic carboxylic acids is 1. The molecule has 0 amide bonds. The van der Waals surface area contributed by atoms with Gasteiger partial charge in [0.25, 0.3) is 0 Å². The van der Waals surface area contributed by atoms with E-state index in [4.69, 9.17) is 5.11 Å². The van der Waals surface area contributed by atoms with E-state index in [0.717, 1.165) is 18.4 Å². The van der Waals surface area contributed by atoms with Crippen LogP contribution in [-0.2, 0) is 6.42 Å². The van der Waals surface area contributed by atoms with Gasteiger partial charge in [0.05, 0.1) is 5.56 Å². The van der Waals surface area contributed by atoms with Crippen LogP contribution in [0.25, 0.3) is 0 Å². The molecule has 1 aromatic carbocycles. The third-order valence-corrected chi connectivity index (χ3v) is 2.51. The van der Waals surface area contributed by atoms with Crippen molar-refractivity contribution in [3.05, 3.63) is 34.9 Å². The molecule has 2 nitrogen and oxygen atoms in total. The van der Waals surface area contributed by atoms with E-state index in [-0.39, 0.29) is 5.92 Å². The second-order valence-corrected chi connectivity index (χ2v) is 4.13. The molecule has 0 aromatic heterocycles. The first-order chi connectivity index (χ1) is 7.06. The molecule has 0 saturated carbocycles. The van der Waals surface area contributed by atoms with Gasteiger partial charge in [-0.2, -0.15) is 0 Å². The van der Waals surface area contributed by atoms with Crippen LogP contribution in [0.15, 0.2) is 18.2 Å². The average molecular weight is 206 g/mol. The first kappa shape index (κ1) is 11.8. The second-order valence-electron chi connectivity index (χ2n) is 4.13. The van der Waals surface area contributed by atoms with Crippen LogP contribution in [0, 0.1) is 0 Å². The Bertz CT molecular complexity index is 354. The molecular formula is C13H18O2. The van der Waals surface area contributed by atoms with Crippen molar-refractivity contribution in [2.24, 2.45) is 0 Å². The zero-order chi connectivity index (χ0) is 11.4. The summed E-state index contributed by atoms with van der Waals surface area (Å²) in [5.41, 5.74) is 2.60. The summed E-state index contributed by atoms with van der Waals surface area (Å²) in [6.07, 6.45) is 2.10. The molecule has 0 fully saturated rings. The van der Waals surface area contributed by atoms with Gasteiger partial charge in [0.15, 0.2) is 0 Å². The number of benzene rings is 1. The minimum absolute atomic E-state index is 0.257. The van der Waals surface area contributed by atoms with Gasteiger partial charge in [-0.05, 0) is 29.5 Å². The summed E-state index contributed by atoms with van der Waals surface area (Å²) in [6, 6.07) is 5.67. The molecule has 0 spiro atoms. The van der Waals surface area contributed by atoms with Gasteiger partial charge in [0, 0.05) is 0 Å². The van der Waals surface area contributed by atoms with Gasteiger partial charge in [-0.25, -0.2) is 4.79 Å². The molecule has 0 atom stereocenters. The summed E-state index contributed by atoms with van der Waals surface area (Å²) in [6.45, 7) is 6.18. The van der Waals surface area contributed by atoms with Crippen molar-refractivity contribution in [2.75, 3.05) is 0 Å². The number of hydrogen-bond donors (Lipinski definition) is 1. The smallest absolute Gasteiger partial charge is 0.335 e. The van der Waals surface area contributed by atoms with Gasteiger partial charge in [-0.1, -0.05) is 39.3 Å². The third-order valence-electron chi connectivity index (χ3n) is 2.51. The molecule has 82 valence electrons. The van der Waals surface area contributed by atoms with Crippen molar-refractivity contribution in [1.82, 2.24) is 0 Å². The summed E-state index contributed by atoms with van der Waals surface area (Å²) in [5.74, 6) is -0.574. The number of carbonyl (C=O) groups is 1. The molecule has 0 unspecified atom stereocenters. The summed E-state index contributed by atoms with van der Waals surface area (Å²) < 4.78 is 0. The standard InChI is InChI=1S/C13H18O2/c1-4-5-10-6-7-11(13(14)15)12(8-10)9(2)3/h6-9H,4-5H2,1-3H3,(H,14,15). The predicted molar refractivity (Wildman–Crippen MR) is 61.5 cm³/mol. The van der Waals surface area contributed by atoms with E-state index >= 15 is 0 Å². The van der Waals surface area contributed by atoms with E-state index in [0.29, 0.717) is 5.56 Å². The molecule has 0 saturated heterocycles. The van der Waals surface area contributed by atoms with Crippen molar-refractivity contribution >= 4 is 5.97 Å². The molecule has 2 heteroatoms. The first-order valence-corrected chi connectivity index (χ1v) is 5.42. The van der Waals surface area contributed by atoms with Crippen LogP contribution >= 0.6 is 0 Å². The number of hydrogen-bond acceptors (Lipinski definition) is 1. The van der Waals surface area contributed by atoms with Crippen molar-refractivity contribution in [1.29, 1.82) is 0 Å². The monoisotopic (exact) mass is 206 g/mol. The Kier molecular flexibility index (Phi) is 3.89. The Morgan fingerprint density at radius 1 is 1.40 bits per heavy atom. The van der Waals surface area contributed by atoms with Gasteiger partial charge in [0.2, 0.25) is 0 Å². The number of rotatable bonds is 4. The average Bonchev–Trinajstić information content (AvgIpc) is 2.17. The molecule has 1 rings (SSSR count). The maximum Gasteiger partial charge on any atom is 0.335 e. The fourth-order valence-electron chi connectivity index (χ4n) is 1.73. The summed E-state index contributed by atoms with van der Waals surface area (Å²) in [5, 5.41) is 9.04. The third kappa shape index (κ3) is 2.82. The summed E-state index contributed by atoms with van der Waals surface area (Å²) >= 11 is 0. The van der Waals surface area contributed by atoms with E-state index in [1.807, 2.05) is 26.0 Å². The highest BCUT2D eigenvalue weighted by molar-refractivity contribution is 5.89. The fraction of sp³-hybridized carbons (Fsp3) is 0.462. The Balaban J connectivity index is 3.15. The van der Waals surface area contributed by atoms with Gasteiger partial charge >= 0.3 is 5.97 Å². The number of carboxylic acid groups (broad SMARTS) is 1. The maximum atomic E-state index is 11.0. The lowest BCUT2D eigenvalue weighted by Gasteiger charge is -2.11. The molecular weight excluding hydrogens is 188 g/mol. The fourth-order valence-corrected chi connectivity index (χ4v) is 1.73. The zero-order valence-corrected chi connectivity index (χ0v) is 9.58. The highest BCUT2D eigenvalue weighted by atomic mass is 16.4. The topological polar surface area (TPSA) is 37.3 Å². The Hall–Kier alpha value is -1.31. The molecule has 0 heterocycles. The SMILES string of the molecule is CCCc1ccc(C(=O)O)c(C(C)C)c1. The minimum Gasteiger partial charge on any atom is -0.478 e. The molecule has 15 heavy (non-hydrogen) atoms. The Morgan fingerprint density at radius 2 is 2.07 bits per heavy atom. The molecule has 0 aliphatic rings. The number of aryl methyl sites for hydroxylation is 1. The van der Waals surface area contributed by atoms with Crippen LogP contribution in [0.3, 0.4) is 0 Å². The van der Waals surface area contributed by atoms with Crippen molar-refractivity contribution in [3.8, 4) is 0 Å². The maximum absolute atomic E-state index is 11.0. The Labute approximate surface area is 90.9 Å². The van der Waals surface area contributed by atoms with E-state index in [1.54, 1.807) is 6.07 Å². The lowest BCUT2D eigenvalue weighted by atomic mass is 9.94. The largest absolute Gasteiger partial charge is 0.478 e. The Morgan fingerprint density at radius 3 is 2.53 bits per heavy atom. The number of carboxylic acids is 1. The second kappa shape index (κ2) is 4.96. The van der Waals surface area contributed by atoms with Crippen LogP contribution < -0.4 is 0 Å². The van der Waals surface area contributed by atoms with Gasteiger partial charge in [-0.15, -0.1) is 0 Å². The molecule has 0 radical (unpaired) electrons. The van der Waals surface area contributed by atoms with Gasteiger partial charge < -0.3 is 5.11 Å². The van der Waals surface area contributed by atoms with Crippen molar-refractivity contribution in [3.63, 3.8) is 0 Å². The minimum atomic E-state index is -0.832. The van der Waals surface area contributed by atoms with Crippen LogP contribution in [0.4, 0.5) is 0 Å². The zero-order valence-electron chi connectivity index (χ0n) is 9.58. The summed E-state index contributed by atoms with van der Waals surface area (Å²) in [7, 11) is 0.